The van der Waals surface area contributed by atoms with E-state index >= 15 is 0 Å². The summed E-state index contributed by atoms with van der Waals surface area (Å²) >= 11 is 1.44. The van der Waals surface area contributed by atoms with Gasteiger partial charge in [-0.2, -0.15) is 0 Å². The maximum Gasteiger partial charge on any atom is 0.261 e. The smallest absolute Gasteiger partial charge is 0.261 e. The van der Waals surface area contributed by atoms with Crippen LogP contribution in [0.3, 0.4) is 0 Å². The number of nitrogens with zero attached hydrogens (tertiary/aromatic N) is 1. The Hall–Kier alpha value is -4.41. The zero-order chi connectivity index (χ0) is 26.0. The van der Waals surface area contributed by atoms with Crippen LogP contribution in [0.2, 0.25) is 0 Å². The van der Waals surface area contributed by atoms with Crippen LogP contribution >= 0.6 is 11.3 Å². The summed E-state index contributed by atoms with van der Waals surface area (Å²) in [5.74, 6) is 0.150. The summed E-state index contributed by atoms with van der Waals surface area (Å²) in [7, 11) is -2.36. The molecule has 0 unspecified atom stereocenters. The van der Waals surface area contributed by atoms with Gasteiger partial charge < -0.3 is 15.2 Å². The number of ether oxygens (including phenoxy) is 1. The van der Waals surface area contributed by atoms with Crippen LogP contribution < -0.4 is 14.8 Å². The van der Waals surface area contributed by atoms with Gasteiger partial charge in [0, 0.05) is 16.9 Å². The number of anilines is 2. The number of aromatic hydroxyl groups is 1. The Morgan fingerprint density at radius 3 is 2.46 bits per heavy atom. The summed E-state index contributed by atoms with van der Waals surface area (Å²) < 4.78 is 34.1. The second kappa shape index (κ2) is 9.92. The maximum absolute atomic E-state index is 13.0. The van der Waals surface area contributed by atoms with Crippen LogP contribution in [0.15, 0.2) is 95.9 Å². The molecule has 0 saturated carbocycles. The zero-order valence-corrected chi connectivity index (χ0v) is 21.1. The Kier molecular flexibility index (Phi) is 6.51. The fourth-order valence-electron chi connectivity index (χ4n) is 3.67. The molecule has 0 spiro atoms. The van der Waals surface area contributed by atoms with Crippen molar-refractivity contribution >= 4 is 48.9 Å². The molecule has 0 aliphatic carbocycles. The Labute approximate surface area is 217 Å². The number of hydrogen-bond donors (Lipinski definition) is 3. The molecule has 0 fully saturated rings. The number of thiazole rings is 1. The number of methoxy groups -OCH3 is 1. The quantitative estimate of drug-likeness (QED) is 0.231. The second-order valence-electron chi connectivity index (χ2n) is 8.03. The highest BCUT2D eigenvalue weighted by molar-refractivity contribution is 7.92. The molecule has 0 aliphatic rings. The molecular weight excluding hydrogens is 510 g/mol. The van der Waals surface area contributed by atoms with Gasteiger partial charge in [-0.15, -0.1) is 11.3 Å². The number of sulfonamides is 1. The SMILES string of the molecule is COc1ccc(S(=O)(=O)Nc2cccc(C(=O)Nc3ccc(O)c(-c4nc5ccccc5s4)c3)c2)cc1. The van der Waals surface area contributed by atoms with E-state index in [1.54, 1.807) is 42.5 Å². The van der Waals surface area contributed by atoms with Crippen molar-refractivity contribution in [1.29, 1.82) is 0 Å². The lowest BCUT2D eigenvalue weighted by Gasteiger charge is -2.11. The Morgan fingerprint density at radius 1 is 0.919 bits per heavy atom. The first-order chi connectivity index (χ1) is 17.8. The van der Waals surface area contributed by atoms with Crippen molar-refractivity contribution in [2.45, 2.75) is 4.90 Å². The van der Waals surface area contributed by atoms with E-state index in [1.165, 1.54) is 42.7 Å². The van der Waals surface area contributed by atoms with Crippen LogP contribution in [0, 0.1) is 0 Å². The molecular formula is C27H21N3O5S2. The van der Waals surface area contributed by atoms with Gasteiger partial charge in [0.25, 0.3) is 15.9 Å². The molecule has 5 rings (SSSR count). The lowest BCUT2D eigenvalue weighted by molar-refractivity contribution is 0.102. The van der Waals surface area contributed by atoms with Gasteiger partial charge in [-0.1, -0.05) is 18.2 Å². The number of amides is 1. The van der Waals surface area contributed by atoms with E-state index in [0.717, 1.165) is 10.2 Å². The summed E-state index contributed by atoms with van der Waals surface area (Å²) in [6.45, 7) is 0. The molecule has 10 heteroatoms. The highest BCUT2D eigenvalue weighted by atomic mass is 32.2. The highest BCUT2D eigenvalue weighted by Gasteiger charge is 2.16. The van der Waals surface area contributed by atoms with E-state index in [-0.39, 0.29) is 21.9 Å². The van der Waals surface area contributed by atoms with Crippen LogP contribution in [0.5, 0.6) is 11.5 Å². The molecule has 3 N–H and O–H groups in total. The van der Waals surface area contributed by atoms with E-state index in [1.807, 2.05) is 24.3 Å². The van der Waals surface area contributed by atoms with Gasteiger partial charge in [0.2, 0.25) is 0 Å². The van der Waals surface area contributed by atoms with Gasteiger partial charge >= 0.3 is 0 Å². The molecule has 1 amide bonds. The summed E-state index contributed by atoms with van der Waals surface area (Å²) in [5, 5.41) is 13.8. The summed E-state index contributed by atoms with van der Waals surface area (Å²) in [4.78, 5) is 17.6. The lowest BCUT2D eigenvalue weighted by Crippen LogP contribution is -2.15. The van der Waals surface area contributed by atoms with Crippen molar-refractivity contribution < 1.29 is 23.1 Å². The number of benzene rings is 4. The standard InChI is InChI=1S/C27H21N3O5S2/c1-35-20-10-12-21(13-11-20)37(33,34)30-19-6-4-5-17(15-19)26(32)28-18-9-14-24(31)22(16-18)27-29-23-7-2-3-8-25(23)36-27/h2-16,30-31H,1H3,(H,28,32). The third-order valence-electron chi connectivity index (χ3n) is 5.53. The molecule has 5 aromatic rings. The van der Waals surface area contributed by atoms with Crippen LogP contribution in [-0.2, 0) is 10.0 Å². The number of carbonyl (C=O) groups is 1. The Balaban J connectivity index is 1.35. The number of fused-ring (bicyclic) bond motifs is 1. The van der Waals surface area contributed by atoms with Crippen molar-refractivity contribution in [3.8, 4) is 22.1 Å². The predicted octanol–water partition coefficient (Wildman–Crippen LogP) is 5.73. The molecule has 8 nitrogen and oxygen atoms in total. The number of aromatic nitrogens is 1. The number of rotatable bonds is 7. The van der Waals surface area contributed by atoms with Gasteiger partial charge in [-0.3, -0.25) is 9.52 Å². The van der Waals surface area contributed by atoms with E-state index in [9.17, 15) is 18.3 Å². The normalized spacial score (nSPS) is 11.3. The predicted molar refractivity (Wildman–Crippen MR) is 145 cm³/mol. The van der Waals surface area contributed by atoms with Crippen LogP contribution in [-0.4, -0.2) is 31.5 Å². The third-order valence-corrected chi connectivity index (χ3v) is 7.99. The summed E-state index contributed by atoms with van der Waals surface area (Å²) in [6.07, 6.45) is 0. The third kappa shape index (κ3) is 5.25. The summed E-state index contributed by atoms with van der Waals surface area (Å²) in [6, 6.07) is 24.6. The minimum atomic E-state index is -3.86. The maximum atomic E-state index is 13.0. The largest absolute Gasteiger partial charge is 0.507 e. The number of phenols is 1. The van der Waals surface area contributed by atoms with Crippen molar-refractivity contribution in [3.63, 3.8) is 0 Å². The van der Waals surface area contributed by atoms with E-state index < -0.39 is 15.9 Å². The minimum absolute atomic E-state index is 0.0481. The Morgan fingerprint density at radius 2 is 1.70 bits per heavy atom. The monoisotopic (exact) mass is 531 g/mol. The fourth-order valence-corrected chi connectivity index (χ4v) is 5.71. The fraction of sp³-hybridized carbons (Fsp3) is 0.0370. The molecule has 0 radical (unpaired) electrons. The molecule has 186 valence electrons. The van der Waals surface area contributed by atoms with E-state index in [4.69, 9.17) is 4.74 Å². The topological polar surface area (TPSA) is 118 Å². The average Bonchev–Trinajstić information content (AvgIpc) is 3.34. The van der Waals surface area contributed by atoms with Crippen LogP contribution in [0.1, 0.15) is 10.4 Å². The average molecular weight is 532 g/mol. The lowest BCUT2D eigenvalue weighted by atomic mass is 10.1. The first kappa shape index (κ1) is 24.3. The van der Waals surface area contributed by atoms with Gasteiger partial charge in [-0.25, -0.2) is 13.4 Å². The minimum Gasteiger partial charge on any atom is -0.507 e. The van der Waals surface area contributed by atoms with Crippen molar-refractivity contribution in [1.82, 2.24) is 4.98 Å². The van der Waals surface area contributed by atoms with Gasteiger partial charge in [-0.05, 0) is 72.8 Å². The van der Waals surface area contributed by atoms with Gasteiger partial charge in [0.05, 0.1) is 27.8 Å². The van der Waals surface area contributed by atoms with Gasteiger partial charge in [0.15, 0.2) is 0 Å². The molecule has 0 saturated heterocycles. The highest BCUT2D eigenvalue weighted by Crippen LogP contribution is 2.36. The van der Waals surface area contributed by atoms with Crippen molar-refractivity contribution in [2.24, 2.45) is 0 Å². The molecule has 0 atom stereocenters. The number of para-hydroxylation sites is 1. The van der Waals surface area contributed by atoms with E-state index in [2.05, 4.69) is 15.0 Å². The molecule has 37 heavy (non-hydrogen) atoms. The first-order valence-electron chi connectivity index (χ1n) is 11.1. The Bertz CT molecular complexity index is 1680. The van der Waals surface area contributed by atoms with E-state index in [0.29, 0.717) is 22.0 Å². The number of nitrogens with one attached hydrogen (secondary N) is 2. The summed E-state index contributed by atoms with van der Waals surface area (Å²) in [5.41, 5.74) is 2.28. The van der Waals surface area contributed by atoms with Crippen LogP contribution in [0.25, 0.3) is 20.8 Å². The number of carbonyl (C=O) groups excluding carboxylic acids is 1. The van der Waals surface area contributed by atoms with Crippen LogP contribution in [0.4, 0.5) is 11.4 Å². The number of phenolic OH excluding ortho intramolecular Hbond substituents is 1. The first-order valence-corrected chi connectivity index (χ1v) is 13.4. The molecule has 0 aliphatic heterocycles. The molecule has 4 aromatic carbocycles. The van der Waals surface area contributed by atoms with Gasteiger partial charge in [0.1, 0.15) is 16.5 Å². The molecule has 0 bridgehead atoms. The van der Waals surface area contributed by atoms with Crippen molar-refractivity contribution in [2.75, 3.05) is 17.1 Å². The van der Waals surface area contributed by atoms with Crippen molar-refractivity contribution in [3.05, 3.63) is 96.6 Å². The second-order valence-corrected chi connectivity index (χ2v) is 10.7. The zero-order valence-electron chi connectivity index (χ0n) is 19.5. The molecule has 1 heterocycles. The number of hydrogen-bond acceptors (Lipinski definition) is 7. The molecule has 1 aromatic heterocycles.